The third-order valence-electron chi connectivity index (χ3n) is 1.83. The first-order chi connectivity index (χ1) is 7.85. The van der Waals surface area contributed by atoms with Crippen LogP contribution in [0.2, 0.25) is 5.02 Å². The fraction of sp³-hybridized carbons (Fsp3) is 0.333. The Morgan fingerprint density at radius 1 is 1.59 bits per heavy atom. The van der Waals surface area contributed by atoms with Gasteiger partial charge < -0.3 is 15.5 Å². The molecule has 5 nitrogen and oxygen atoms in total. The maximum Gasteiger partial charge on any atom is 0.337 e. The van der Waals surface area contributed by atoms with Crippen molar-refractivity contribution >= 4 is 23.4 Å². The molecule has 17 heavy (non-hydrogen) atoms. The molecule has 0 amide bonds. The fourth-order valence-electron chi connectivity index (χ4n) is 0.954. The van der Waals surface area contributed by atoms with Gasteiger partial charge in [-0.1, -0.05) is 11.6 Å². The normalized spacial score (nSPS) is 11.3. The Balaban J connectivity index is 2.77. The van der Waals surface area contributed by atoms with E-state index in [0.29, 0.717) is 0 Å². The summed E-state index contributed by atoms with van der Waals surface area (Å²) >= 11 is 5.65. The molecule has 0 aromatic carbocycles. The van der Waals surface area contributed by atoms with E-state index in [0.717, 1.165) is 12.3 Å². The Kier molecular flexibility index (Phi) is 4.19. The van der Waals surface area contributed by atoms with Crippen LogP contribution in [0, 0.1) is 0 Å². The molecule has 8 heteroatoms. The van der Waals surface area contributed by atoms with Crippen molar-refractivity contribution < 1.29 is 23.8 Å². The molecule has 0 atom stereocenters. The van der Waals surface area contributed by atoms with Gasteiger partial charge in [0.2, 0.25) is 0 Å². The molecule has 3 N–H and O–H groups in total. The number of aromatic nitrogens is 1. The number of halogens is 3. The van der Waals surface area contributed by atoms with Crippen molar-refractivity contribution in [3.63, 3.8) is 0 Å². The highest BCUT2D eigenvalue weighted by molar-refractivity contribution is 6.33. The molecular weight excluding hydrogens is 258 g/mol. The number of hydrogen-bond acceptors (Lipinski definition) is 4. The molecule has 0 unspecified atom stereocenters. The largest absolute Gasteiger partial charge is 0.478 e. The number of rotatable bonds is 5. The van der Waals surface area contributed by atoms with Crippen LogP contribution in [0.3, 0.4) is 0 Å². The predicted molar refractivity (Wildman–Crippen MR) is 56.7 cm³/mol. The van der Waals surface area contributed by atoms with E-state index in [4.69, 9.17) is 21.8 Å². The summed E-state index contributed by atoms with van der Waals surface area (Å²) in [7, 11) is 0. The van der Waals surface area contributed by atoms with Crippen molar-refractivity contribution in [1.82, 2.24) is 4.98 Å². The molecule has 94 valence electrons. The molecule has 0 aliphatic heterocycles. The number of aliphatic hydroxyl groups excluding tert-OH is 1. The highest BCUT2D eigenvalue weighted by Crippen LogP contribution is 2.21. The minimum Gasteiger partial charge on any atom is -0.478 e. The van der Waals surface area contributed by atoms with Crippen molar-refractivity contribution in [2.45, 2.75) is 5.92 Å². The summed E-state index contributed by atoms with van der Waals surface area (Å²) in [5.74, 6) is -4.58. The van der Waals surface area contributed by atoms with E-state index in [1.54, 1.807) is 0 Å². The van der Waals surface area contributed by atoms with Crippen LogP contribution < -0.4 is 5.32 Å². The molecule has 0 aliphatic carbocycles. The summed E-state index contributed by atoms with van der Waals surface area (Å²) in [4.78, 5) is 14.2. The minimum atomic E-state index is -3.30. The lowest BCUT2D eigenvalue weighted by Gasteiger charge is -2.15. The minimum absolute atomic E-state index is 0.0650. The number of carbonyl (C=O) groups is 1. The predicted octanol–water partition coefficient (Wildman–Crippen LogP) is 1.47. The smallest absolute Gasteiger partial charge is 0.337 e. The monoisotopic (exact) mass is 266 g/mol. The quantitative estimate of drug-likeness (QED) is 0.752. The summed E-state index contributed by atoms with van der Waals surface area (Å²) in [5.41, 5.74) is -0.144. The maximum atomic E-state index is 12.7. The molecule has 0 bridgehead atoms. The van der Waals surface area contributed by atoms with Gasteiger partial charge in [0.1, 0.15) is 12.4 Å². The fourth-order valence-corrected chi connectivity index (χ4v) is 1.19. The number of anilines is 1. The van der Waals surface area contributed by atoms with Crippen LogP contribution in [0.25, 0.3) is 0 Å². The number of aromatic carboxylic acids is 1. The van der Waals surface area contributed by atoms with E-state index >= 15 is 0 Å². The van der Waals surface area contributed by atoms with Gasteiger partial charge in [-0.3, -0.25) is 0 Å². The Hall–Kier alpha value is -1.47. The maximum absolute atomic E-state index is 12.7. The molecule has 1 aromatic heterocycles. The Morgan fingerprint density at radius 2 is 2.24 bits per heavy atom. The zero-order chi connectivity index (χ0) is 13.1. The average Bonchev–Trinajstić information content (AvgIpc) is 2.27. The summed E-state index contributed by atoms with van der Waals surface area (Å²) in [5, 5.41) is 19.1. The van der Waals surface area contributed by atoms with E-state index in [2.05, 4.69) is 10.3 Å². The first-order valence-corrected chi connectivity index (χ1v) is 4.85. The number of carboxylic acid groups (broad SMARTS) is 1. The number of nitrogens with zero attached hydrogens (tertiary/aromatic N) is 1. The molecule has 1 heterocycles. The van der Waals surface area contributed by atoms with Crippen molar-refractivity contribution in [2.75, 3.05) is 18.5 Å². The summed E-state index contributed by atoms with van der Waals surface area (Å²) in [6.07, 6.45) is 0.994. The van der Waals surface area contributed by atoms with Crippen LogP contribution in [-0.4, -0.2) is 40.2 Å². The first kappa shape index (κ1) is 13.6. The number of alkyl halides is 2. The van der Waals surface area contributed by atoms with Crippen LogP contribution in [0.1, 0.15) is 10.4 Å². The molecular formula is C9H9ClF2N2O3. The number of hydrogen-bond donors (Lipinski definition) is 3. The van der Waals surface area contributed by atoms with Crippen LogP contribution in [0.5, 0.6) is 0 Å². The molecule has 0 spiro atoms. The average molecular weight is 267 g/mol. The summed E-state index contributed by atoms with van der Waals surface area (Å²) in [6.45, 7) is -2.15. The zero-order valence-corrected chi connectivity index (χ0v) is 9.21. The summed E-state index contributed by atoms with van der Waals surface area (Å²) < 4.78 is 25.4. The SMILES string of the molecule is O=C(O)c1cnc(NCC(F)(F)CO)c(Cl)c1. The number of nitrogens with one attached hydrogen (secondary N) is 1. The first-order valence-electron chi connectivity index (χ1n) is 4.47. The van der Waals surface area contributed by atoms with Gasteiger partial charge in [0.05, 0.1) is 17.1 Å². The highest BCUT2D eigenvalue weighted by atomic mass is 35.5. The molecule has 0 radical (unpaired) electrons. The van der Waals surface area contributed by atoms with Crippen LogP contribution >= 0.6 is 11.6 Å². The van der Waals surface area contributed by atoms with Gasteiger partial charge in [0, 0.05) is 6.20 Å². The Bertz CT molecular complexity index is 429. The lowest BCUT2D eigenvalue weighted by Crippen LogP contribution is -2.31. The van der Waals surface area contributed by atoms with Gasteiger partial charge in [0.15, 0.2) is 0 Å². The Morgan fingerprint density at radius 3 is 2.71 bits per heavy atom. The van der Waals surface area contributed by atoms with Crippen molar-refractivity contribution in [3.05, 3.63) is 22.8 Å². The second kappa shape index (κ2) is 5.24. The molecule has 1 aromatic rings. The molecule has 0 saturated heterocycles. The number of pyridine rings is 1. The molecule has 0 saturated carbocycles. The third-order valence-corrected chi connectivity index (χ3v) is 2.12. The molecule has 0 aliphatic rings. The third kappa shape index (κ3) is 3.79. The van der Waals surface area contributed by atoms with Gasteiger partial charge in [-0.2, -0.15) is 0 Å². The number of aliphatic hydroxyl groups is 1. The van der Waals surface area contributed by atoms with Crippen molar-refractivity contribution in [2.24, 2.45) is 0 Å². The topological polar surface area (TPSA) is 82.5 Å². The van der Waals surface area contributed by atoms with E-state index in [1.807, 2.05) is 0 Å². The standard InChI is InChI=1S/C9H9ClF2N2O3/c10-6-1-5(8(16)17)2-13-7(6)14-3-9(11,12)4-15/h1-2,15H,3-4H2,(H,13,14)(H,16,17). The van der Waals surface area contributed by atoms with E-state index < -0.39 is 25.0 Å². The Labute approximate surface area is 100 Å². The van der Waals surface area contributed by atoms with Crippen LogP contribution in [0.15, 0.2) is 12.3 Å². The van der Waals surface area contributed by atoms with Gasteiger partial charge in [0.25, 0.3) is 5.92 Å². The summed E-state index contributed by atoms with van der Waals surface area (Å²) in [6, 6.07) is 1.09. The van der Waals surface area contributed by atoms with E-state index in [9.17, 15) is 13.6 Å². The zero-order valence-electron chi connectivity index (χ0n) is 8.45. The number of carboxylic acids is 1. The van der Waals surface area contributed by atoms with Gasteiger partial charge in [-0.25, -0.2) is 18.6 Å². The van der Waals surface area contributed by atoms with E-state index in [-0.39, 0.29) is 16.4 Å². The van der Waals surface area contributed by atoms with Gasteiger partial charge >= 0.3 is 5.97 Å². The van der Waals surface area contributed by atoms with Crippen molar-refractivity contribution in [3.8, 4) is 0 Å². The lowest BCUT2D eigenvalue weighted by atomic mass is 10.3. The lowest BCUT2D eigenvalue weighted by molar-refractivity contribution is -0.0373. The van der Waals surface area contributed by atoms with Gasteiger partial charge in [-0.15, -0.1) is 0 Å². The van der Waals surface area contributed by atoms with Crippen molar-refractivity contribution in [1.29, 1.82) is 0 Å². The molecule has 0 fully saturated rings. The van der Waals surface area contributed by atoms with E-state index in [1.165, 1.54) is 0 Å². The second-order valence-corrected chi connectivity index (χ2v) is 3.63. The second-order valence-electron chi connectivity index (χ2n) is 3.23. The van der Waals surface area contributed by atoms with Crippen LogP contribution in [-0.2, 0) is 0 Å². The molecule has 1 rings (SSSR count). The highest BCUT2D eigenvalue weighted by Gasteiger charge is 2.27. The van der Waals surface area contributed by atoms with Crippen LogP contribution in [0.4, 0.5) is 14.6 Å². The van der Waals surface area contributed by atoms with Gasteiger partial charge in [-0.05, 0) is 6.07 Å².